The molecular formula is C24H32N4O4S. The Labute approximate surface area is 198 Å². The topological polar surface area (TPSA) is 84.0 Å². The molecule has 3 heterocycles. The van der Waals surface area contributed by atoms with E-state index in [9.17, 15) is 9.59 Å². The zero-order valence-corrected chi connectivity index (χ0v) is 20.5. The highest BCUT2D eigenvalue weighted by molar-refractivity contribution is 7.15. The third kappa shape index (κ3) is 4.99. The number of nitrogens with one attached hydrogen (secondary N) is 1. The fourth-order valence-corrected chi connectivity index (χ4v) is 5.74. The molecule has 1 N–H and O–H groups in total. The number of para-hydroxylation sites is 1. The summed E-state index contributed by atoms with van der Waals surface area (Å²) in [7, 11) is 3.13. The minimum Gasteiger partial charge on any atom is -0.493 e. The van der Waals surface area contributed by atoms with Gasteiger partial charge in [-0.3, -0.25) is 14.5 Å². The van der Waals surface area contributed by atoms with Gasteiger partial charge in [0.15, 0.2) is 16.6 Å². The molecule has 33 heavy (non-hydrogen) atoms. The smallest absolute Gasteiger partial charge is 0.258 e. The average Bonchev–Trinajstić information content (AvgIpc) is 3.26. The summed E-state index contributed by atoms with van der Waals surface area (Å²) in [5.74, 6) is 1.27. The minimum atomic E-state index is -0.0625. The van der Waals surface area contributed by atoms with Gasteiger partial charge in [0.2, 0.25) is 5.91 Å². The first-order valence-corrected chi connectivity index (χ1v) is 12.2. The van der Waals surface area contributed by atoms with Crippen LogP contribution in [0.1, 0.15) is 40.2 Å². The standard InChI is InChI=1S/C24H32N4O4S/c1-15-16(2)33-24(25-15)26-21(29)14-27-12-17-8-5-6-11-28(19(17)13-27)23(30)18-9-7-10-20(31-3)22(18)32-4/h7,9-10,17,19H,5-6,8,11-14H2,1-4H3,(H,25,26,29)/t17-,19+/m0/s1. The van der Waals surface area contributed by atoms with E-state index in [2.05, 4.69) is 15.2 Å². The normalized spacial score (nSPS) is 20.8. The Bertz CT molecular complexity index is 1000. The van der Waals surface area contributed by atoms with Gasteiger partial charge >= 0.3 is 0 Å². The molecule has 2 atom stereocenters. The number of benzene rings is 1. The van der Waals surface area contributed by atoms with Crippen LogP contribution in [-0.4, -0.2) is 73.0 Å². The van der Waals surface area contributed by atoms with Crippen LogP contribution in [0.15, 0.2) is 18.2 Å². The molecule has 0 radical (unpaired) electrons. The minimum absolute atomic E-state index is 0.0392. The maximum atomic E-state index is 13.6. The summed E-state index contributed by atoms with van der Waals surface area (Å²) in [6.07, 6.45) is 3.12. The molecule has 2 aromatic rings. The molecule has 9 heteroatoms. The number of carbonyl (C=O) groups is 2. The van der Waals surface area contributed by atoms with Crippen LogP contribution < -0.4 is 14.8 Å². The summed E-state index contributed by atoms with van der Waals surface area (Å²) in [5.41, 5.74) is 1.46. The molecular weight excluding hydrogens is 440 g/mol. The number of hydrogen-bond acceptors (Lipinski definition) is 7. The molecule has 0 bridgehead atoms. The van der Waals surface area contributed by atoms with E-state index in [1.165, 1.54) is 11.3 Å². The number of fused-ring (bicyclic) bond motifs is 1. The Hall–Kier alpha value is -2.65. The van der Waals surface area contributed by atoms with Crippen LogP contribution in [0.5, 0.6) is 11.5 Å². The molecule has 2 saturated heterocycles. The Morgan fingerprint density at radius 2 is 2.00 bits per heavy atom. The lowest BCUT2D eigenvalue weighted by molar-refractivity contribution is -0.117. The van der Waals surface area contributed by atoms with Crippen molar-refractivity contribution in [1.29, 1.82) is 0 Å². The van der Waals surface area contributed by atoms with E-state index in [0.717, 1.165) is 36.4 Å². The summed E-state index contributed by atoms with van der Waals surface area (Å²) < 4.78 is 10.9. The highest BCUT2D eigenvalue weighted by Crippen LogP contribution is 2.35. The van der Waals surface area contributed by atoms with Gasteiger partial charge < -0.3 is 19.7 Å². The predicted octanol–water partition coefficient (Wildman–Crippen LogP) is 3.34. The van der Waals surface area contributed by atoms with Crippen LogP contribution in [0.3, 0.4) is 0 Å². The second kappa shape index (κ2) is 10.1. The third-order valence-electron chi connectivity index (χ3n) is 6.64. The number of aromatic nitrogens is 1. The molecule has 2 fully saturated rings. The van der Waals surface area contributed by atoms with Gasteiger partial charge in [-0.15, -0.1) is 11.3 Å². The van der Waals surface area contributed by atoms with Crippen molar-refractivity contribution in [3.63, 3.8) is 0 Å². The summed E-state index contributed by atoms with van der Waals surface area (Å²) in [6.45, 7) is 6.45. The van der Waals surface area contributed by atoms with Crippen LogP contribution in [-0.2, 0) is 4.79 Å². The molecule has 2 amide bonds. The number of aryl methyl sites for hydroxylation is 2. The maximum absolute atomic E-state index is 13.6. The van der Waals surface area contributed by atoms with Crippen molar-refractivity contribution >= 4 is 28.3 Å². The first kappa shape index (κ1) is 23.5. The van der Waals surface area contributed by atoms with Crippen LogP contribution >= 0.6 is 11.3 Å². The lowest BCUT2D eigenvalue weighted by atomic mass is 9.98. The molecule has 4 rings (SSSR count). The van der Waals surface area contributed by atoms with Crippen molar-refractivity contribution in [3.8, 4) is 11.5 Å². The molecule has 0 saturated carbocycles. The number of carbonyl (C=O) groups excluding carboxylic acids is 2. The molecule has 178 valence electrons. The average molecular weight is 473 g/mol. The third-order valence-corrected chi connectivity index (χ3v) is 7.63. The quantitative estimate of drug-likeness (QED) is 0.694. The second-order valence-electron chi connectivity index (χ2n) is 8.77. The van der Waals surface area contributed by atoms with Gasteiger partial charge in [0.1, 0.15) is 0 Å². The van der Waals surface area contributed by atoms with Crippen molar-refractivity contribution < 1.29 is 19.1 Å². The monoisotopic (exact) mass is 472 g/mol. The van der Waals surface area contributed by atoms with Crippen LogP contribution in [0.4, 0.5) is 5.13 Å². The van der Waals surface area contributed by atoms with E-state index < -0.39 is 0 Å². The van der Waals surface area contributed by atoms with Crippen molar-refractivity contribution in [2.24, 2.45) is 5.92 Å². The Morgan fingerprint density at radius 1 is 1.18 bits per heavy atom. The van der Waals surface area contributed by atoms with Gasteiger partial charge in [-0.2, -0.15) is 0 Å². The number of thiazole rings is 1. The van der Waals surface area contributed by atoms with Gasteiger partial charge in [0.25, 0.3) is 5.91 Å². The van der Waals surface area contributed by atoms with E-state index in [1.807, 2.05) is 24.8 Å². The number of anilines is 1. The number of likely N-dealkylation sites (tertiary alicyclic amines) is 2. The van der Waals surface area contributed by atoms with Gasteiger partial charge in [0.05, 0.1) is 32.0 Å². The zero-order chi connectivity index (χ0) is 23.5. The first-order chi connectivity index (χ1) is 15.9. The van der Waals surface area contributed by atoms with Crippen LogP contribution in [0.2, 0.25) is 0 Å². The zero-order valence-electron chi connectivity index (χ0n) is 19.7. The van der Waals surface area contributed by atoms with Crippen molar-refractivity contribution in [2.75, 3.05) is 45.7 Å². The molecule has 1 aromatic carbocycles. The fourth-order valence-electron chi connectivity index (χ4n) is 4.91. The molecule has 0 aliphatic carbocycles. The first-order valence-electron chi connectivity index (χ1n) is 11.4. The largest absolute Gasteiger partial charge is 0.493 e. The highest BCUT2D eigenvalue weighted by Gasteiger charge is 2.41. The number of amides is 2. The molecule has 0 spiro atoms. The Balaban J connectivity index is 1.47. The molecule has 8 nitrogen and oxygen atoms in total. The van der Waals surface area contributed by atoms with Crippen LogP contribution in [0, 0.1) is 19.8 Å². The van der Waals surface area contributed by atoms with Gasteiger partial charge in [-0.1, -0.05) is 12.5 Å². The van der Waals surface area contributed by atoms with E-state index in [0.29, 0.717) is 47.7 Å². The number of methoxy groups -OCH3 is 2. The Morgan fingerprint density at radius 3 is 2.70 bits per heavy atom. The van der Waals surface area contributed by atoms with E-state index in [4.69, 9.17) is 9.47 Å². The Kier molecular flexibility index (Phi) is 7.19. The number of rotatable bonds is 6. The summed E-state index contributed by atoms with van der Waals surface area (Å²) in [5, 5.41) is 3.57. The van der Waals surface area contributed by atoms with E-state index in [-0.39, 0.29) is 17.9 Å². The highest BCUT2D eigenvalue weighted by atomic mass is 32.1. The van der Waals surface area contributed by atoms with E-state index in [1.54, 1.807) is 26.4 Å². The molecule has 2 aliphatic heterocycles. The fraction of sp³-hybridized carbons (Fsp3) is 0.542. The van der Waals surface area contributed by atoms with Gasteiger partial charge in [0, 0.05) is 30.6 Å². The lowest BCUT2D eigenvalue weighted by Crippen LogP contribution is -2.44. The number of ether oxygens (including phenoxy) is 2. The lowest BCUT2D eigenvalue weighted by Gasteiger charge is -2.31. The molecule has 1 aromatic heterocycles. The number of hydrogen-bond donors (Lipinski definition) is 1. The summed E-state index contributed by atoms with van der Waals surface area (Å²) in [4.78, 5) is 35.9. The summed E-state index contributed by atoms with van der Waals surface area (Å²) >= 11 is 1.50. The van der Waals surface area contributed by atoms with Crippen LogP contribution in [0.25, 0.3) is 0 Å². The predicted molar refractivity (Wildman–Crippen MR) is 128 cm³/mol. The maximum Gasteiger partial charge on any atom is 0.258 e. The van der Waals surface area contributed by atoms with Crippen molar-refractivity contribution in [1.82, 2.24) is 14.8 Å². The number of nitrogens with zero attached hydrogens (tertiary/aromatic N) is 3. The van der Waals surface area contributed by atoms with E-state index >= 15 is 0 Å². The van der Waals surface area contributed by atoms with Gasteiger partial charge in [-0.05, 0) is 44.7 Å². The van der Waals surface area contributed by atoms with Crippen molar-refractivity contribution in [3.05, 3.63) is 34.3 Å². The second-order valence-corrected chi connectivity index (χ2v) is 9.97. The molecule has 0 unspecified atom stereocenters. The summed E-state index contributed by atoms with van der Waals surface area (Å²) in [6, 6.07) is 5.48. The SMILES string of the molecule is COc1cccc(C(=O)N2CCCC[C@H]3CN(CC(=O)Nc4nc(C)c(C)s4)C[C@H]32)c1OC. The molecule has 2 aliphatic rings. The van der Waals surface area contributed by atoms with Crippen molar-refractivity contribution in [2.45, 2.75) is 39.2 Å². The van der Waals surface area contributed by atoms with Gasteiger partial charge in [-0.25, -0.2) is 4.98 Å².